The van der Waals surface area contributed by atoms with Crippen molar-refractivity contribution in [3.8, 4) is 11.1 Å². The minimum Gasteiger partial charge on any atom is -0.462 e. The Kier molecular flexibility index (Phi) is 8.04. The number of halogens is 2. The number of hydrogen-bond acceptors (Lipinski definition) is 4. The lowest BCUT2D eigenvalue weighted by molar-refractivity contribution is -0.139. The van der Waals surface area contributed by atoms with Gasteiger partial charge >= 0.3 is 11.9 Å². The lowest BCUT2D eigenvalue weighted by Crippen LogP contribution is -2.09. The highest BCUT2D eigenvalue weighted by Crippen LogP contribution is 2.25. The molecule has 0 radical (unpaired) electrons. The number of benzene rings is 2. The van der Waals surface area contributed by atoms with Gasteiger partial charge in [0.15, 0.2) is 0 Å². The van der Waals surface area contributed by atoms with Gasteiger partial charge in [0, 0.05) is 24.0 Å². The van der Waals surface area contributed by atoms with Gasteiger partial charge in [0.2, 0.25) is 0 Å². The van der Waals surface area contributed by atoms with E-state index in [1.165, 1.54) is 26.0 Å². The van der Waals surface area contributed by atoms with E-state index in [1.807, 2.05) is 0 Å². The SMILES string of the molecule is C=C(C)C(=O)OCCc1ccc(-c2ccc(CCOC(=O)C(=C)C)c(F)c2)cc1F. The van der Waals surface area contributed by atoms with Gasteiger partial charge in [0.05, 0.1) is 13.2 Å². The fraction of sp³-hybridized carbons (Fsp3) is 0.250. The third kappa shape index (κ3) is 6.37. The maximum Gasteiger partial charge on any atom is 0.333 e. The second-order valence-electron chi connectivity index (χ2n) is 6.94. The summed E-state index contributed by atoms with van der Waals surface area (Å²) in [7, 11) is 0. The van der Waals surface area contributed by atoms with Crippen LogP contribution in [0.5, 0.6) is 0 Å². The Morgan fingerprint density at radius 2 is 1.13 bits per heavy atom. The molecule has 0 saturated heterocycles. The molecule has 0 unspecified atom stereocenters. The minimum absolute atomic E-state index is 0.0429. The van der Waals surface area contributed by atoms with E-state index in [-0.39, 0.29) is 37.2 Å². The van der Waals surface area contributed by atoms with Crippen molar-refractivity contribution in [2.24, 2.45) is 0 Å². The largest absolute Gasteiger partial charge is 0.462 e. The Morgan fingerprint density at radius 1 is 0.767 bits per heavy atom. The molecule has 0 spiro atoms. The van der Waals surface area contributed by atoms with Crippen molar-refractivity contribution in [1.29, 1.82) is 0 Å². The van der Waals surface area contributed by atoms with E-state index in [0.29, 0.717) is 22.3 Å². The van der Waals surface area contributed by atoms with Gasteiger partial charge in [-0.3, -0.25) is 0 Å². The molecule has 0 bridgehead atoms. The number of carbonyl (C=O) groups excluding carboxylic acids is 2. The quantitative estimate of drug-likeness (QED) is 0.430. The van der Waals surface area contributed by atoms with Crippen LogP contribution in [0.3, 0.4) is 0 Å². The molecule has 6 heteroatoms. The summed E-state index contributed by atoms with van der Waals surface area (Å²) in [6, 6.07) is 9.17. The standard InChI is InChI=1S/C24H24F2O4/c1-15(2)23(27)29-11-9-17-5-7-19(13-21(17)25)20-8-6-18(22(26)14-20)10-12-30-24(28)16(3)4/h5-8,13-14H,1,3,9-12H2,2,4H3. The van der Waals surface area contributed by atoms with Crippen LogP contribution in [0.15, 0.2) is 60.7 Å². The van der Waals surface area contributed by atoms with Crippen molar-refractivity contribution < 1.29 is 27.8 Å². The van der Waals surface area contributed by atoms with Crippen LogP contribution in [-0.4, -0.2) is 25.2 Å². The van der Waals surface area contributed by atoms with Gasteiger partial charge in [-0.2, -0.15) is 0 Å². The molecule has 0 saturated carbocycles. The molecule has 0 aliphatic rings. The number of hydrogen-bond donors (Lipinski definition) is 0. The average Bonchev–Trinajstić information content (AvgIpc) is 2.69. The first-order valence-corrected chi connectivity index (χ1v) is 9.41. The fourth-order valence-electron chi connectivity index (χ4n) is 2.61. The second kappa shape index (κ2) is 10.5. The summed E-state index contributed by atoms with van der Waals surface area (Å²) in [6.07, 6.45) is 0.447. The van der Waals surface area contributed by atoms with Gasteiger partial charge in [-0.25, -0.2) is 18.4 Å². The molecule has 2 rings (SSSR count). The molecule has 0 aliphatic carbocycles. The summed E-state index contributed by atoms with van der Waals surface area (Å²) in [4.78, 5) is 22.7. The smallest absolute Gasteiger partial charge is 0.333 e. The summed E-state index contributed by atoms with van der Waals surface area (Å²) in [5.74, 6) is -1.96. The summed E-state index contributed by atoms with van der Waals surface area (Å²) < 4.78 is 38.7. The van der Waals surface area contributed by atoms with Gasteiger partial charge in [-0.05, 0) is 48.2 Å². The van der Waals surface area contributed by atoms with Crippen molar-refractivity contribution >= 4 is 11.9 Å². The first kappa shape index (κ1) is 23.0. The number of carbonyl (C=O) groups is 2. The zero-order chi connectivity index (χ0) is 22.3. The zero-order valence-corrected chi connectivity index (χ0v) is 17.1. The molecule has 158 valence electrons. The summed E-state index contributed by atoms with van der Waals surface area (Å²) in [5, 5.41) is 0. The van der Waals surface area contributed by atoms with Crippen LogP contribution in [0.4, 0.5) is 8.78 Å². The number of esters is 2. The van der Waals surface area contributed by atoms with Crippen molar-refractivity contribution in [2.75, 3.05) is 13.2 Å². The van der Waals surface area contributed by atoms with Crippen molar-refractivity contribution in [2.45, 2.75) is 26.7 Å². The molecule has 0 aromatic heterocycles. The summed E-state index contributed by atoms with van der Waals surface area (Å²) >= 11 is 0. The van der Waals surface area contributed by atoms with Crippen molar-refractivity contribution in [1.82, 2.24) is 0 Å². The van der Waals surface area contributed by atoms with E-state index in [9.17, 15) is 18.4 Å². The normalized spacial score (nSPS) is 10.4. The van der Waals surface area contributed by atoms with Gasteiger partial charge < -0.3 is 9.47 Å². The Bertz CT molecular complexity index is 900. The Morgan fingerprint density at radius 3 is 1.43 bits per heavy atom. The Hall–Kier alpha value is -3.28. The highest BCUT2D eigenvalue weighted by atomic mass is 19.1. The average molecular weight is 414 g/mol. The highest BCUT2D eigenvalue weighted by Gasteiger charge is 2.11. The van der Waals surface area contributed by atoms with Crippen LogP contribution >= 0.6 is 0 Å². The maximum absolute atomic E-state index is 14.4. The number of rotatable bonds is 9. The second-order valence-corrected chi connectivity index (χ2v) is 6.94. The van der Waals surface area contributed by atoms with Gasteiger partial charge in [-0.15, -0.1) is 0 Å². The molecule has 0 amide bonds. The van der Waals surface area contributed by atoms with E-state index in [0.717, 1.165) is 0 Å². The molecule has 0 atom stereocenters. The van der Waals surface area contributed by atoms with Crippen LogP contribution < -0.4 is 0 Å². The number of ether oxygens (including phenoxy) is 2. The fourth-order valence-corrected chi connectivity index (χ4v) is 2.61. The minimum atomic E-state index is -0.517. The van der Waals surface area contributed by atoms with Crippen LogP contribution in [0, 0.1) is 11.6 Å². The van der Waals surface area contributed by atoms with Gasteiger partial charge in [0.25, 0.3) is 0 Å². The molecule has 0 N–H and O–H groups in total. The zero-order valence-electron chi connectivity index (χ0n) is 17.1. The first-order valence-electron chi connectivity index (χ1n) is 9.41. The van der Waals surface area contributed by atoms with Crippen LogP contribution in [0.25, 0.3) is 11.1 Å². The monoisotopic (exact) mass is 414 g/mol. The molecule has 0 heterocycles. The van der Waals surface area contributed by atoms with Crippen molar-refractivity contribution in [3.05, 3.63) is 83.5 Å². The van der Waals surface area contributed by atoms with Crippen LogP contribution in [-0.2, 0) is 31.9 Å². The lowest BCUT2D eigenvalue weighted by atomic mass is 10.00. The molecule has 2 aromatic carbocycles. The van der Waals surface area contributed by atoms with Crippen LogP contribution in [0.1, 0.15) is 25.0 Å². The Balaban J connectivity index is 2.01. The van der Waals surface area contributed by atoms with E-state index in [2.05, 4.69) is 13.2 Å². The van der Waals surface area contributed by atoms with Gasteiger partial charge in [-0.1, -0.05) is 37.4 Å². The van der Waals surface area contributed by atoms with Gasteiger partial charge in [0.1, 0.15) is 11.6 Å². The Labute approximate surface area is 174 Å². The predicted octanol–water partition coefficient (Wildman–Crippen LogP) is 4.96. The molecule has 4 nitrogen and oxygen atoms in total. The van der Waals surface area contributed by atoms with E-state index >= 15 is 0 Å². The third-order valence-electron chi connectivity index (χ3n) is 4.35. The van der Waals surface area contributed by atoms with Crippen LogP contribution in [0.2, 0.25) is 0 Å². The molecule has 0 fully saturated rings. The topological polar surface area (TPSA) is 52.6 Å². The third-order valence-corrected chi connectivity index (χ3v) is 4.35. The highest BCUT2D eigenvalue weighted by molar-refractivity contribution is 5.87. The van der Waals surface area contributed by atoms with E-state index in [4.69, 9.17) is 9.47 Å². The molecular weight excluding hydrogens is 390 g/mol. The first-order chi connectivity index (χ1) is 14.2. The molecule has 0 aliphatic heterocycles. The van der Waals surface area contributed by atoms with E-state index in [1.54, 1.807) is 24.3 Å². The lowest BCUT2D eigenvalue weighted by Gasteiger charge is -2.10. The maximum atomic E-state index is 14.4. The predicted molar refractivity (Wildman–Crippen MR) is 111 cm³/mol. The molecule has 30 heavy (non-hydrogen) atoms. The van der Waals surface area contributed by atoms with E-state index < -0.39 is 23.6 Å². The molecule has 2 aromatic rings. The summed E-state index contributed by atoms with van der Waals surface area (Å²) in [6.45, 7) is 10.1. The summed E-state index contributed by atoms with van der Waals surface area (Å²) in [5.41, 5.74) is 2.40. The molecular formula is C24H24F2O4. The van der Waals surface area contributed by atoms with Crippen molar-refractivity contribution in [3.63, 3.8) is 0 Å².